The van der Waals surface area contributed by atoms with Gasteiger partial charge in [0.1, 0.15) is 0 Å². The highest BCUT2D eigenvalue weighted by Crippen LogP contribution is 2.15. The number of nitrogens with one attached hydrogen (secondary N) is 1. The SMILES string of the molecule is CC(C)N(Cc1ccsc1)CC1CCCCN1. The number of hydrogen-bond acceptors (Lipinski definition) is 3. The lowest BCUT2D eigenvalue weighted by molar-refractivity contribution is 0.177. The first kappa shape index (κ1) is 13.1. The number of hydrogen-bond donors (Lipinski definition) is 1. The van der Waals surface area contributed by atoms with Gasteiger partial charge < -0.3 is 5.32 Å². The van der Waals surface area contributed by atoms with Crippen LogP contribution in [0, 0.1) is 0 Å². The van der Waals surface area contributed by atoms with E-state index in [0.29, 0.717) is 12.1 Å². The smallest absolute Gasteiger partial charge is 0.0245 e. The molecule has 0 saturated carbocycles. The van der Waals surface area contributed by atoms with Crippen molar-refractivity contribution in [3.63, 3.8) is 0 Å². The number of rotatable bonds is 5. The van der Waals surface area contributed by atoms with Gasteiger partial charge in [-0.15, -0.1) is 0 Å². The number of thiophene rings is 1. The molecule has 1 unspecified atom stereocenters. The Kier molecular flexibility index (Phi) is 5.01. The molecule has 1 aliphatic heterocycles. The Hall–Kier alpha value is -0.380. The van der Waals surface area contributed by atoms with Crippen molar-refractivity contribution in [2.24, 2.45) is 0 Å². The highest BCUT2D eigenvalue weighted by Gasteiger charge is 2.18. The van der Waals surface area contributed by atoms with Gasteiger partial charge in [0.05, 0.1) is 0 Å². The first-order chi connectivity index (χ1) is 8.25. The van der Waals surface area contributed by atoms with E-state index in [1.54, 1.807) is 11.3 Å². The fourth-order valence-corrected chi connectivity index (χ4v) is 3.10. The molecule has 3 heteroatoms. The van der Waals surface area contributed by atoms with E-state index in [2.05, 4.69) is 40.9 Å². The lowest BCUT2D eigenvalue weighted by Gasteiger charge is -2.33. The van der Waals surface area contributed by atoms with Crippen LogP contribution in [-0.2, 0) is 6.54 Å². The van der Waals surface area contributed by atoms with Crippen LogP contribution >= 0.6 is 11.3 Å². The molecule has 2 nitrogen and oxygen atoms in total. The molecule has 1 aromatic rings. The Bertz CT molecular complexity index is 302. The van der Waals surface area contributed by atoms with Crippen molar-refractivity contribution in [1.82, 2.24) is 10.2 Å². The summed E-state index contributed by atoms with van der Waals surface area (Å²) in [7, 11) is 0. The minimum Gasteiger partial charge on any atom is -0.313 e. The Balaban J connectivity index is 1.87. The van der Waals surface area contributed by atoms with E-state index in [1.807, 2.05) is 0 Å². The summed E-state index contributed by atoms with van der Waals surface area (Å²) < 4.78 is 0. The van der Waals surface area contributed by atoms with Crippen molar-refractivity contribution < 1.29 is 0 Å². The van der Waals surface area contributed by atoms with Gasteiger partial charge in [-0.2, -0.15) is 11.3 Å². The normalized spacial score (nSPS) is 21.3. The molecular weight excluding hydrogens is 228 g/mol. The van der Waals surface area contributed by atoms with Gasteiger partial charge in [0.25, 0.3) is 0 Å². The molecule has 1 fully saturated rings. The van der Waals surface area contributed by atoms with Crippen molar-refractivity contribution in [3.05, 3.63) is 22.4 Å². The number of piperidine rings is 1. The highest BCUT2D eigenvalue weighted by atomic mass is 32.1. The summed E-state index contributed by atoms with van der Waals surface area (Å²) in [4.78, 5) is 2.59. The second kappa shape index (κ2) is 6.53. The molecule has 1 saturated heterocycles. The Morgan fingerprint density at radius 3 is 2.94 bits per heavy atom. The van der Waals surface area contributed by atoms with Crippen LogP contribution in [-0.4, -0.2) is 30.1 Å². The van der Waals surface area contributed by atoms with Gasteiger partial charge in [-0.05, 0) is 55.6 Å². The summed E-state index contributed by atoms with van der Waals surface area (Å²) >= 11 is 1.80. The molecule has 2 heterocycles. The maximum absolute atomic E-state index is 3.64. The molecule has 1 aromatic heterocycles. The van der Waals surface area contributed by atoms with Crippen LogP contribution in [0.4, 0.5) is 0 Å². The molecule has 96 valence electrons. The highest BCUT2D eigenvalue weighted by molar-refractivity contribution is 7.07. The molecule has 0 aromatic carbocycles. The second-order valence-electron chi connectivity index (χ2n) is 5.30. The van der Waals surface area contributed by atoms with Crippen molar-refractivity contribution in [1.29, 1.82) is 0 Å². The maximum atomic E-state index is 3.64. The zero-order valence-corrected chi connectivity index (χ0v) is 11.8. The Morgan fingerprint density at radius 2 is 2.35 bits per heavy atom. The summed E-state index contributed by atoms with van der Waals surface area (Å²) in [6, 6.07) is 3.57. The zero-order chi connectivity index (χ0) is 12.1. The molecule has 1 aliphatic rings. The van der Waals surface area contributed by atoms with Crippen LogP contribution in [0.5, 0.6) is 0 Å². The van der Waals surface area contributed by atoms with Gasteiger partial charge in [-0.1, -0.05) is 6.42 Å². The van der Waals surface area contributed by atoms with Crippen molar-refractivity contribution in [3.8, 4) is 0 Å². The number of nitrogens with zero attached hydrogens (tertiary/aromatic N) is 1. The van der Waals surface area contributed by atoms with E-state index in [9.17, 15) is 0 Å². The van der Waals surface area contributed by atoms with Gasteiger partial charge >= 0.3 is 0 Å². The lowest BCUT2D eigenvalue weighted by atomic mass is 10.0. The summed E-state index contributed by atoms with van der Waals surface area (Å²) in [5.74, 6) is 0. The van der Waals surface area contributed by atoms with Crippen molar-refractivity contribution in [2.45, 2.75) is 51.7 Å². The van der Waals surface area contributed by atoms with E-state index < -0.39 is 0 Å². The molecular formula is C14H24N2S. The van der Waals surface area contributed by atoms with Crippen LogP contribution in [0.2, 0.25) is 0 Å². The van der Waals surface area contributed by atoms with Gasteiger partial charge in [0.15, 0.2) is 0 Å². The average molecular weight is 252 g/mol. The molecule has 2 rings (SSSR count). The standard InChI is InChI=1S/C14H24N2S/c1-12(2)16(9-13-6-8-17-11-13)10-14-5-3-4-7-15-14/h6,8,11-12,14-15H,3-5,7,9-10H2,1-2H3. The van der Waals surface area contributed by atoms with Crippen LogP contribution in [0.15, 0.2) is 16.8 Å². The van der Waals surface area contributed by atoms with Gasteiger partial charge in [0, 0.05) is 25.2 Å². The fraction of sp³-hybridized carbons (Fsp3) is 0.714. The van der Waals surface area contributed by atoms with E-state index in [-0.39, 0.29) is 0 Å². The lowest BCUT2D eigenvalue weighted by Crippen LogP contribution is -2.45. The molecule has 0 spiro atoms. The third-order valence-corrected chi connectivity index (χ3v) is 4.30. The molecule has 0 radical (unpaired) electrons. The zero-order valence-electron chi connectivity index (χ0n) is 11.0. The molecule has 1 N–H and O–H groups in total. The van der Waals surface area contributed by atoms with Gasteiger partial charge in [-0.25, -0.2) is 0 Å². The topological polar surface area (TPSA) is 15.3 Å². The van der Waals surface area contributed by atoms with Crippen LogP contribution < -0.4 is 5.32 Å². The van der Waals surface area contributed by atoms with Crippen LogP contribution in [0.1, 0.15) is 38.7 Å². The van der Waals surface area contributed by atoms with E-state index in [0.717, 1.165) is 6.54 Å². The minimum absolute atomic E-state index is 0.624. The quantitative estimate of drug-likeness (QED) is 0.866. The molecule has 0 aliphatic carbocycles. The van der Waals surface area contributed by atoms with Gasteiger partial charge in [-0.3, -0.25) is 4.90 Å². The van der Waals surface area contributed by atoms with Crippen LogP contribution in [0.3, 0.4) is 0 Å². The molecule has 17 heavy (non-hydrogen) atoms. The third-order valence-electron chi connectivity index (χ3n) is 3.56. The predicted molar refractivity (Wildman–Crippen MR) is 75.5 cm³/mol. The van der Waals surface area contributed by atoms with E-state index in [4.69, 9.17) is 0 Å². The Labute approximate surface area is 109 Å². The fourth-order valence-electron chi connectivity index (χ4n) is 2.44. The molecule has 1 atom stereocenters. The summed E-state index contributed by atoms with van der Waals surface area (Å²) in [5.41, 5.74) is 1.46. The maximum Gasteiger partial charge on any atom is 0.0245 e. The largest absolute Gasteiger partial charge is 0.313 e. The Morgan fingerprint density at radius 1 is 1.47 bits per heavy atom. The second-order valence-corrected chi connectivity index (χ2v) is 6.08. The summed E-state index contributed by atoms with van der Waals surface area (Å²) in [5, 5.41) is 8.09. The third kappa shape index (κ3) is 4.09. The predicted octanol–water partition coefficient (Wildman–Crippen LogP) is 3.10. The molecule has 0 amide bonds. The minimum atomic E-state index is 0.624. The van der Waals surface area contributed by atoms with Crippen LogP contribution in [0.25, 0.3) is 0 Å². The average Bonchev–Trinajstić information content (AvgIpc) is 2.82. The van der Waals surface area contributed by atoms with Crippen molar-refractivity contribution in [2.75, 3.05) is 13.1 Å². The first-order valence-electron chi connectivity index (χ1n) is 6.74. The first-order valence-corrected chi connectivity index (χ1v) is 7.68. The van der Waals surface area contributed by atoms with E-state index >= 15 is 0 Å². The van der Waals surface area contributed by atoms with Crippen molar-refractivity contribution >= 4 is 11.3 Å². The summed E-state index contributed by atoms with van der Waals surface area (Å²) in [6.45, 7) is 8.09. The summed E-state index contributed by atoms with van der Waals surface area (Å²) in [6.07, 6.45) is 4.08. The monoisotopic (exact) mass is 252 g/mol. The van der Waals surface area contributed by atoms with Gasteiger partial charge in [0.2, 0.25) is 0 Å². The molecule has 0 bridgehead atoms. The van der Waals surface area contributed by atoms with E-state index in [1.165, 1.54) is 37.9 Å².